The Morgan fingerprint density at radius 2 is 1.73 bits per heavy atom. The molecular weight excluding hydrogens is 474 g/mol. The predicted octanol–water partition coefficient (Wildman–Crippen LogP) is 2.93. The number of carboxylic acids is 1. The van der Waals surface area contributed by atoms with E-state index in [0.29, 0.717) is 30.8 Å². The number of rotatable bonds is 8. The fraction of sp³-hybridized carbons (Fsp3) is 0.250. The van der Waals surface area contributed by atoms with Crippen molar-refractivity contribution in [2.75, 3.05) is 19.8 Å². The normalized spacial score (nSPS) is 16.6. The van der Waals surface area contributed by atoms with E-state index in [9.17, 15) is 19.5 Å². The highest BCUT2D eigenvalue weighted by Gasteiger charge is 2.30. The molecular formula is C28H29N3O6. The highest BCUT2D eigenvalue weighted by Crippen LogP contribution is 2.31. The van der Waals surface area contributed by atoms with E-state index in [2.05, 4.69) is 5.32 Å². The Labute approximate surface area is 214 Å². The quantitative estimate of drug-likeness (QED) is 0.370. The Bertz CT molecular complexity index is 1290. The summed E-state index contributed by atoms with van der Waals surface area (Å²) in [5, 5.41) is 22.5. The van der Waals surface area contributed by atoms with Crippen LogP contribution < -0.4 is 11.1 Å². The first kappa shape index (κ1) is 25.9. The van der Waals surface area contributed by atoms with Gasteiger partial charge < -0.3 is 26.0 Å². The predicted molar refractivity (Wildman–Crippen MR) is 137 cm³/mol. The standard InChI is InChI=1S/C28H29N3O6/c1-17(19-3-9-22(10-4-19)28(35)36)30-27(34)24-16-37-13-12-31(24)15-18-2-11-25(32)23(14-18)20-5-7-21(8-6-20)26(29)33/h2-11,14,17,24,32H,12-13,15-16H2,1H3,(H2,29,33)(H,30,34)(H,35,36)/t17-,24+/m0/s1. The fourth-order valence-electron chi connectivity index (χ4n) is 4.34. The minimum atomic E-state index is -1.00. The van der Waals surface area contributed by atoms with Crippen LogP contribution in [0.5, 0.6) is 5.75 Å². The van der Waals surface area contributed by atoms with Gasteiger partial charge in [-0.1, -0.05) is 30.3 Å². The number of nitrogens with one attached hydrogen (secondary N) is 1. The number of carboxylic acid groups (broad SMARTS) is 1. The van der Waals surface area contributed by atoms with Gasteiger partial charge in [0.05, 0.1) is 24.8 Å². The lowest BCUT2D eigenvalue weighted by Crippen LogP contribution is -2.53. The number of nitrogens with zero attached hydrogens (tertiary/aromatic N) is 1. The minimum Gasteiger partial charge on any atom is -0.507 e. The Balaban J connectivity index is 1.47. The van der Waals surface area contributed by atoms with Crippen LogP contribution in [-0.4, -0.2) is 58.7 Å². The van der Waals surface area contributed by atoms with E-state index in [1.54, 1.807) is 42.5 Å². The van der Waals surface area contributed by atoms with Crippen molar-refractivity contribution in [2.45, 2.75) is 25.6 Å². The largest absolute Gasteiger partial charge is 0.507 e. The maximum Gasteiger partial charge on any atom is 0.335 e. The number of ether oxygens (including phenoxy) is 1. The SMILES string of the molecule is C[C@H](NC(=O)[C@H]1COCCN1Cc1ccc(O)c(-c2ccc(C(N)=O)cc2)c1)c1ccc(C(=O)O)cc1. The minimum absolute atomic E-state index is 0.106. The molecule has 0 saturated carbocycles. The van der Waals surface area contributed by atoms with E-state index in [1.807, 2.05) is 24.0 Å². The number of phenolic OH excluding ortho intramolecular Hbond substituents is 1. The third kappa shape index (κ3) is 6.14. The van der Waals surface area contributed by atoms with Crippen LogP contribution in [0.1, 0.15) is 44.8 Å². The van der Waals surface area contributed by atoms with Crippen molar-refractivity contribution in [1.82, 2.24) is 10.2 Å². The third-order valence-electron chi connectivity index (χ3n) is 6.49. The number of phenols is 1. The molecule has 2 amide bonds. The van der Waals surface area contributed by atoms with Crippen LogP contribution >= 0.6 is 0 Å². The van der Waals surface area contributed by atoms with Gasteiger partial charge in [-0.05, 0) is 60.0 Å². The molecule has 1 aliphatic rings. The van der Waals surface area contributed by atoms with Crippen molar-refractivity contribution in [2.24, 2.45) is 5.73 Å². The number of hydrogen-bond donors (Lipinski definition) is 4. The molecule has 0 bridgehead atoms. The molecule has 3 aromatic carbocycles. The Morgan fingerprint density at radius 3 is 2.38 bits per heavy atom. The lowest BCUT2D eigenvalue weighted by Gasteiger charge is -2.35. The van der Waals surface area contributed by atoms with E-state index in [4.69, 9.17) is 15.6 Å². The van der Waals surface area contributed by atoms with E-state index in [-0.39, 0.29) is 29.9 Å². The smallest absolute Gasteiger partial charge is 0.335 e. The van der Waals surface area contributed by atoms with Crippen molar-refractivity contribution in [3.05, 3.63) is 89.0 Å². The molecule has 1 fully saturated rings. The molecule has 0 aromatic heterocycles. The summed E-state index contributed by atoms with van der Waals surface area (Å²) in [6, 6.07) is 17.6. The van der Waals surface area contributed by atoms with Gasteiger partial charge in [-0.3, -0.25) is 14.5 Å². The Morgan fingerprint density at radius 1 is 1.05 bits per heavy atom. The summed E-state index contributed by atoms with van der Waals surface area (Å²) in [4.78, 5) is 37.7. The Hall–Kier alpha value is -4.21. The zero-order chi connectivity index (χ0) is 26.5. The summed E-state index contributed by atoms with van der Waals surface area (Å²) >= 11 is 0. The van der Waals surface area contributed by atoms with Gasteiger partial charge in [0.25, 0.3) is 0 Å². The van der Waals surface area contributed by atoms with Gasteiger partial charge in [0.2, 0.25) is 11.8 Å². The molecule has 192 valence electrons. The zero-order valence-corrected chi connectivity index (χ0v) is 20.4. The molecule has 0 radical (unpaired) electrons. The molecule has 0 aliphatic carbocycles. The molecule has 1 saturated heterocycles. The first-order chi connectivity index (χ1) is 17.7. The van der Waals surface area contributed by atoms with Crippen LogP contribution in [0.3, 0.4) is 0 Å². The van der Waals surface area contributed by atoms with Crippen LogP contribution in [0.4, 0.5) is 0 Å². The van der Waals surface area contributed by atoms with Crippen molar-refractivity contribution in [3.8, 4) is 16.9 Å². The van der Waals surface area contributed by atoms with Crippen LogP contribution in [0, 0.1) is 0 Å². The number of nitrogens with two attached hydrogens (primary N) is 1. The van der Waals surface area contributed by atoms with Gasteiger partial charge >= 0.3 is 5.97 Å². The molecule has 9 nitrogen and oxygen atoms in total. The first-order valence-electron chi connectivity index (χ1n) is 11.9. The maximum absolute atomic E-state index is 13.2. The summed E-state index contributed by atoms with van der Waals surface area (Å²) in [5.41, 5.74) is 8.95. The van der Waals surface area contributed by atoms with Gasteiger partial charge in [0, 0.05) is 24.2 Å². The van der Waals surface area contributed by atoms with E-state index in [0.717, 1.165) is 16.7 Å². The summed E-state index contributed by atoms with van der Waals surface area (Å²) in [6.07, 6.45) is 0. The molecule has 3 aromatic rings. The topological polar surface area (TPSA) is 142 Å². The monoisotopic (exact) mass is 503 g/mol. The van der Waals surface area contributed by atoms with Gasteiger partial charge in [-0.25, -0.2) is 4.79 Å². The van der Waals surface area contributed by atoms with Crippen LogP contribution in [0.2, 0.25) is 0 Å². The highest BCUT2D eigenvalue weighted by atomic mass is 16.5. The molecule has 2 atom stereocenters. The second-order valence-corrected chi connectivity index (χ2v) is 9.01. The highest BCUT2D eigenvalue weighted by molar-refractivity contribution is 5.93. The number of aromatic hydroxyl groups is 1. The molecule has 0 unspecified atom stereocenters. The number of hydrogen-bond acceptors (Lipinski definition) is 6. The second kappa shape index (κ2) is 11.2. The second-order valence-electron chi connectivity index (χ2n) is 9.01. The maximum atomic E-state index is 13.2. The molecule has 1 heterocycles. The van der Waals surface area contributed by atoms with Crippen LogP contribution in [0.25, 0.3) is 11.1 Å². The van der Waals surface area contributed by atoms with Gasteiger partial charge in [-0.15, -0.1) is 0 Å². The van der Waals surface area contributed by atoms with Crippen molar-refractivity contribution in [3.63, 3.8) is 0 Å². The third-order valence-corrected chi connectivity index (χ3v) is 6.49. The lowest BCUT2D eigenvalue weighted by atomic mass is 10.00. The Kier molecular flexibility index (Phi) is 7.86. The number of carbonyl (C=O) groups excluding carboxylic acids is 2. The zero-order valence-electron chi connectivity index (χ0n) is 20.4. The van der Waals surface area contributed by atoms with Crippen molar-refractivity contribution in [1.29, 1.82) is 0 Å². The van der Waals surface area contributed by atoms with Crippen LogP contribution in [0.15, 0.2) is 66.7 Å². The molecule has 4 rings (SSSR count). The molecule has 0 spiro atoms. The number of benzene rings is 3. The molecule has 1 aliphatic heterocycles. The van der Waals surface area contributed by atoms with Gasteiger partial charge in [0.15, 0.2) is 0 Å². The summed E-state index contributed by atoms with van der Waals surface area (Å²) < 4.78 is 5.60. The lowest BCUT2D eigenvalue weighted by molar-refractivity contribution is -0.133. The summed E-state index contributed by atoms with van der Waals surface area (Å²) in [6.45, 7) is 3.61. The molecule has 5 N–H and O–H groups in total. The summed E-state index contributed by atoms with van der Waals surface area (Å²) in [5.74, 6) is -1.60. The average molecular weight is 504 g/mol. The first-order valence-corrected chi connectivity index (χ1v) is 11.9. The number of primary amides is 1. The fourth-order valence-corrected chi connectivity index (χ4v) is 4.34. The van der Waals surface area contributed by atoms with Gasteiger partial charge in [0.1, 0.15) is 11.8 Å². The summed E-state index contributed by atoms with van der Waals surface area (Å²) in [7, 11) is 0. The average Bonchev–Trinajstić information content (AvgIpc) is 2.90. The van der Waals surface area contributed by atoms with E-state index < -0.39 is 17.9 Å². The van der Waals surface area contributed by atoms with Gasteiger partial charge in [-0.2, -0.15) is 0 Å². The molecule has 9 heteroatoms. The van der Waals surface area contributed by atoms with Crippen molar-refractivity contribution < 1.29 is 29.3 Å². The van der Waals surface area contributed by atoms with E-state index >= 15 is 0 Å². The van der Waals surface area contributed by atoms with E-state index in [1.165, 1.54) is 12.1 Å². The van der Waals surface area contributed by atoms with Crippen molar-refractivity contribution >= 4 is 17.8 Å². The number of carbonyl (C=O) groups is 3. The van der Waals surface area contributed by atoms with Crippen LogP contribution in [-0.2, 0) is 16.1 Å². The molecule has 37 heavy (non-hydrogen) atoms. The number of morpholine rings is 1. The number of amides is 2. The number of aromatic carboxylic acids is 1.